The maximum Gasteiger partial charge on any atom is 0.263 e. The molecular formula is C16H18N6OS. The number of amides is 1. The number of hydrogen-bond donors (Lipinski definition) is 3. The summed E-state index contributed by atoms with van der Waals surface area (Å²) >= 11 is 1.35. The fraction of sp³-hybridized carbons (Fsp3) is 0.250. The van der Waals surface area contributed by atoms with Crippen molar-refractivity contribution in [2.45, 2.75) is 20.4 Å². The van der Waals surface area contributed by atoms with Gasteiger partial charge < -0.3 is 10.6 Å². The Hall–Kier alpha value is -2.74. The lowest BCUT2D eigenvalue weighted by atomic mass is 10.1. The molecule has 0 saturated carbocycles. The quantitative estimate of drug-likeness (QED) is 0.640. The fourth-order valence-corrected chi connectivity index (χ4v) is 2.97. The second-order valence-corrected chi connectivity index (χ2v) is 6.22. The molecule has 0 fully saturated rings. The smallest absolute Gasteiger partial charge is 0.263 e. The SMILES string of the molecule is CCNc1ncc(C(=O)NCc2cccc(-c3n[nH]c(C)n3)c2)s1. The second-order valence-electron chi connectivity index (χ2n) is 5.19. The summed E-state index contributed by atoms with van der Waals surface area (Å²) < 4.78 is 0. The molecule has 0 aliphatic carbocycles. The van der Waals surface area contributed by atoms with Crippen LogP contribution in [0.25, 0.3) is 11.4 Å². The van der Waals surface area contributed by atoms with E-state index < -0.39 is 0 Å². The summed E-state index contributed by atoms with van der Waals surface area (Å²) in [6.07, 6.45) is 1.59. The number of anilines is 1. The molecule has 3 N–H and O–H groups in total. The van der Waals surface area contributed by atoms with Crippen LogP contribution in [0.5, 0.6) is 0 Å². The van der Waals surface area contributed by atoms with E-state index >= 15 is 0 Å². The summed E-state index contributed by atoms with van der Waals surface area (Å²) in [5.41, 5.74) is 1.90. The van der Waals surface area contributed by atoms with Crippen molar-refractivity contribution in [1.82, 2.24) is 25.5 Å². The van der Waals surface area contributed by atoms with Gasteiger partial charge in [0, 0.05) is 18.7 Å². The van der Waals surface area contributed by atoms with Crippen LogP contribution in [0.4, 0.5) is 5.13 Å². The predicted molar refractivity (Wildman–Crippen MR) is 94.0 cm³/mol. The molecule has 7 nitrogen and oxygen atoms in total. The van der Waals surface area contributed by atoms with E-state index in [0.29, 0.717) is 17.2 Å². The molecule has 0 radical (unpaired) electrons. The monoisotopic (exact) mass is 342 g/mol. The lowest BCUT2D eigenvalue weighted by Gasteiger charge is -2.05. The Balaban J connectivity index is 1.64. The van der Waals surface area contributed by atoms with Crippen LogP contribution in [0.2, 0.25) is 0 Å². The molecule has 0 aliphatic rings. The number of H-pyrrole nitrogens is 1. The molecule has 24 heavy (non-hydrogen) atoms. The van der Waals surface area contributed by atoms with Gasteiger partial charge >= 0.3 is 0 Å². The molecule has 3 rings (SSSR count). The number of carbonyl (C=O) groups excluding carboxylic acids is 1. The number of carbonyl (C=O) groups is 1. The molecular weight excluding hydrogens is 324 g/mol. The first-order valence-electron chi connectivity index (χ1n) is 7.62. The predicted octanol–water partition coefficient (Wildman–Crippen LogP) is 2.60. The minimum absolute atomic E-state index is 0.129. The zero-order valence-corrected chi connectivity index (χ0v) is 14.3. The Labute approximate surface area is 143 Å². The van der Waals surface area contributed by atoms with Gasteiger partial charge in [0.2, 0.25) is 0 Å². The molecule has 0 bridgehead atoms. The van der Waals surface area contributed by atoms with Crippen LogP contribution in [0, 0.1) is 6.92 Å². The minimum Gasteiger partial charge on any atom is -0.362 e. The van der Waals surface area contributed by atoms with Crippen molar-refractivity contribution in [3.05, 3.63) is 46.7 Å². The number of hydrogen-bond acceptors (Lipinski definition) is 6. The molecule has 0 spiro atoms. The summed E-state index contributed by atoms with van der Waals surface area (Å²) in [4.78, 5) is 21.3. The standard InChI is InChI=1S/C16H18N6OS/c1-3-17-16-19-9-13(24-16)15(23)18-8-11-5-4-6-12(7-11)14-20-10(2)21-22-14/h4-7,9H,3,8H2,1-2H3,(H,17,19)(H,18,23)(H,20,21,22). The Morgan fingerprint density at radius 2 is 2.25 bits per heavy atom. The number of benzene rings is 1. The van der Waals surface area contributed by atoms with Gasteiger partial charge in [-0.25, -0.2) is 9.97 Å². The summed E-state index contributed by atoms with van der Waals surface area (Å²) in [6.45, 7) is 5.06. The van der Waals surface area contributed by atoms with Gasteiger partial charge in [0.25, 0.3) is 5.91 Å². The number of aromatic amines is 1. The van der Waals surface area contributed by atoms with Crippen LogP contribution < -0.4 is 10.6 Å². The lowest BCUT2D eigenvalue weighted by Crippen LogP contribution is -2.21. The van der Waals surface area contributed by atoms with Crippen LogP contribution in [-0.2, 0) is 6.54 Å². The number of aromatic nitrogens is 4. The Bertz CT molecular complexity index is 840. The van der Waals surface area contributed by atoms with Crippen molar-refractivity contribution in [2.75, 3.05) is 11.9 Å². The highest BCUT2D eigenvalue weighted by Gasteiger charge is 2.10. The Morgan fingerprint density at radius 3 is 3.00 bits per heavy atom. The number of aryl methyl sites for hydroxylation is 1. The zero-order valence-electron chi connectivity index (χ0n) is 13.5. The van der Waals surface area contributed by atoms with Gasteiger partial charge in [0.05, 0.1) is 6.20 Å². The van der Waals surface area contributed by atoms with Crippen LogP contribution in [0.1, 0.15) is 28.0 Å². The number of thiazole rings is 1. The highest BCUT2D eigenvalue weighted by atomic mass is 32.1. The second kappa shape index (κ2) is 7.22. The topological polar surface area (TPSA) is 95.6 Å². The zero-order chi connectivity index (χ0) is 16.9. The fourth-order valence-electron chi connectivity index (χ4n) is 2.17. The molecule has 2 aromatic heterocycles. The van der Waals surface area contributed by atoms with Crippen LogP contribution in [0.15, 0.2) is 30.5 Å². The highest BCUT2D eigenvalue weighted by Crippen LogP contribution is 2.19. The van der Waals surface area contributed by atoms with Gasteiger partial charge in [-0.1, -0.05) is 29.5 Å². The number of nitrogens with zero attached hydrogens (tertiary/aromatic N) is 3. The van der Waals surface area contributed by atoms with Gasteiger partial charge in [-0.15, -0.1) is 0 Å². The van der Waals surface area contributed by atoms with Crippen molar-refractivity contribution in [1.29, 1.82) is 0 Å². The average Bonchev–Trinajstić information content (AvgIpc) is 3.22. The van der Waals surface area contributed by atoms with Crippen molar-refractivity contribution in [3.63, 3.8) is 0 Å². The first-order valence-corrected chi connectivity index (χ1v) is 8.43. The third-order valence-electron chi connectivity index (χ3n) is 3.29. The van der Waals surface area contributed by atoms with Gasteiger partial charge in [-0.3, -0.25) is 9.89 Å². The van der Waals surface area contributed by atoms with E-state index in [4.69, 9.17) is 0 Å². The van der Waals surface area contributed by atoms with E-state index in [0.717, 1.165) is 28.6 Å². The molecule has 0 aliphatic heterocycles. The van der Waals surface area contributed by atoms with Gasteiger partial charge in [-0.2, -0.15) is 5.10 Å². The molecule has 124 valence electrons. The minimum atomic E-state index is -0.129. The van der Waals surface area contributed by atoms with Crippen molar-refractivity contribution in [2.24, 2.45) is 0 Å². The first kappa shape index (κ1) is 16.1. The van der Waals surface area contributed by atoms with Gasteiger partial charge in [0.15, 0.2) is 11.0 Å². The van der Waals surface area contributed by atoms with Crippen LogP contribution >= 0.6 is 11.3 Å². The van der Waals surface area contributed by atoms with Crippen LogP contribution in [0.3, 0.4) is 0 Å². The van der Waals surface area contributed by atoms with Crippen LogP contribution in [-0.4, -0.2) is 32.6 Å². The molecule has 1 amide bonds. The van der Waals surface area contributed by atoms with E-state index in [1.165, 1.54) is 11.3 Å². The summed E-state index contributed by atoms with van der Waals surface area (Å²) in [6, 6.07) is 7.80. The molecule has 8 heteroatoms. The van der Waals surface area contributed by atoms with E-state index in [9.17, 15) is 4.79 Å². The maximum absolute atomic E-state index is 12.2. The third kappa shape index (κ3) is 3.77. The van der Waals surface area contributed by atoms with E-state index in [1.54, 1.807) is 6.20 Å². The highest BCUT2D eigenvalue weighted by molar-refractivity contribution is 7.17. The molecule has 0 unspecified atom stereocenters. The largest absolute Gasteiger partial charge is 0.362 e. The Morgan fingerprint density at radius 1 is 1.38 bits per heavy atom. The summed E-state index contributed by atoms with van der Waals surface area (Å²) in [5.74, 6) is 1.29. The maximum atomic E-state index is 12.2. The number of nitrogens with one attached hydrogen (secondary N) is 3. The molecule has 3 aromatic rings. The third-order valence-corrected chi connectivity index (χ3v) is 4.25. The molecule has 2 heterocycles. The molecule has 1 aromatic carbocycles. The van der Waals surface area contributed by atoms with Crippen molar-refractivity contribution in [3.8, 4) is 11.4 Å². The Kier molecular flexibility index (Phi) is 4.85. The van der Waals surface area contributed by atoms with E-state index in [1.807, 2.05) is 38.1 Å². The van der Waals surface area contributed by atoms with E-state index in [-0.39, 0.29) is 5.91 Å². The van der Waals surface area contributed by atoms with Gasteiger partial charge in [-0.05, 0) is 25.5 Å². The molecule has 0 saturated heterocycles. The summed E-state index contributed by atoms with van der Waals surface area (Å²) in [5, 5.41) is 13.7. The average molecular weight is 342 g/mol. The first-order chi connectivity index (χ1) is 11.7. The molecule has 0 atom stereocenters. The van der Waals surface area contributed by atoms with Crippen molar-refractivity contribution < 1.29 is 4.79 Å². The summed E-state index contributed by atoms with van der Waals surface area (Å²) in [7, 11) is 0. The number of rotatable bonds is 6. The van der Waals surface area contributed by atoms with Gasteiger partial charge in [0.1, 0.15) is 10.7 Å². The van der Waals surface area contributed by atoms with Crippen molar-refractivity contribution >= 4 is 22.4 Å². The lowest BCUT2D eigenvalue weighted by molar-refractivity contribution is 0.0955. The normalized spacial score (nSPS) is 10.6. The van der Waals surface area contributed by atoms with E-state index in [2.05, 4.69) is 30.8 Å².